The van der Waals surface area contributed by atoms with Gasteiger partial charge in [-0.05, 0) is 50.6 Å². The summed E-state index contributed by atoms with van der Waals surface area (Å²) < 4.78 is 0. The van der Waals surface area contributed by atoms with Crippen LogP contribution in [0, 0.1) is 32.1 Å². The van der Waals surface area contributed by atoms with Crippen molar-refractivity contribution in [1.82, 2.24) is 4.90 Å². The van der Waals surface area contributed by atoms with Crippen LogP contribution in [0.4, 0.5) is 11.4 Å². The summed E-state index contributed by atoms with van der Waals surface area (Å²) in [5, 5.41) is 11.5. The summed E-state index contributed by atoms with van der Waals surface area (Å²) in [6.07, 6.45) is 0. The van der Waals surface area contributed by atoms with E-state index in [1.54, 1.807) is 11.8 Å². The summed E-state index contributed by atoms with van der Waals surface area (Å²) in [7, 11) is 0. The lowest BCUT2D eigenvalue weighted by molar-refractivity contribution is 0.326. The van der Waals surface area contributed by atoms with E-state index in [-0.39, 0.29) is 6.04 Å². The van der Waals surface area contributed by atoms with Crippen molar-refractivity contribution >= 4 is 23.1 Å². The van der Waals surface area contributed by atoms with Gasteiger partial charge in [-0.15, -0.1) is 0 Å². The van der Waals surface area contributed by atoms with Crippen LogP contribution in [0.3, 0.4) is 0 Å². The van der Waals surface area contributed by atoms with E-state index in [2.05, 4.69) is 114 Å². The van der Waals surface area contributed by atoms with Crippen molar-refractivity contribution in [1.29, 1.82) is 5.26 Å². The Balaban J connectivity index is 1.56. The van der Waals surface area contributed by atoms with Crippen molar-refractivity contribution in [3.8, 4) is 6.07 Å². The Morgan fingerprint density at radius 1 is 0.727 bits per heavy atom. The normalized spacial score (nSPS) is 18.2. The third-order valence-electron chi connectivity index (χ3n) is 6.40. The van der Waals surface area contributed by atoms with Crippen LogP contribution in [0.1, 0.15) is 28.3 Å². The molecule has 2 aliphatic heterocycles. The Hall–Kier alpha value is -3.36. The van der Waals surface area contributed by atoms with E-state index in [9.17, 15) is 5.26 Å². The smallest absolute Gasteiger partial charge is 0.100 e. The second kappa shape index (κ2) is 8.88. The molecule has 5 heteroatoms. The quantitative estimate of drug-likeness (QED) is 0.463. The molecule has 0 N–H and O–H groups in total. The fourth-order valence-electron chi connectivity index (χ4n) is 4.52. The number of hydrogen-bond donors (Lipinski definition) is 0. The van der Waals surface area contributed by atoms with Gasteiger partial charge in [0.25, 0.3) is 0 Å². The first-order valence-corrected chi connectivity index (χ1v) is 12.3. The van der Waals surface area contributed by atoms with E-state index in [1.807, 2.05) is 0 Å². The van der Waals surface area contributed by atoms with Gasteiger partial charge in [-0.1, -0.05) is 77.0 Å². The van der Waals surface area contributed by atoms with E-state index in [1.165, 1.54) is 22.4 Å². The fourth-order valence-corrected chi connectivity index (χ4v) is 5.64. The Kier molecular flexibility index (Phi) is 5.78. The molecule has 0 aliphatic carbocycles. The molecule has 0 amide bonds. The molecule has 3 aromatic rings. The molecule has 0 spiro atoms. The predicted molar refractivity (Wildman–Crippen MR) is 138 cm³/mol. The standard InChI is InChI=1S/C28H28N4S/c1-20-4-10-23(11-5-20)27-26(16-29)28-30(18-32(27)25-14-8-22(3)9-15-25)17-31(19-33-28)24-12-6-21(2)7-13-24/h4-15,27H,17-19H2,1-3H3/t27-/m1/s1. The van der Waals surface area contributed by atoms with Gasteiger partial charge in [0.2, 0.25) is 0 Å². The highest BCUT2D eigenvalue weighted by Crippen LogP contribution is 2.44. The molecule has 2 aliphatic rings. The Morgan fingerprint density at radius 3 is 1.85 bits per heavy atom. The topological polar surface area (TPSA) is 33.5 Å². The first kappa shape index (κ1) is 21.5. The van der Waals surface area contributed by atoms with Gasteiger partial charge in [0.15, 0.2) is 0 Å². The van der Waals surface area contributed by atoms with Crippen LogP contribution in [0.25, 0.3) is 0 Å². The summed E-state index contributed by atoms with van der Waals surface area (Å²) in [5.74, 6) is 0.839. The lowest BCUT2D eigenvalue weighted by Crippen LogP contribution is -2.51. The van der Waals surface area contributed by atoms with Crippen LogP contribution in [-0.4, -0.2) is 24.1 Å². The Morgan fingerprint density at radius 2 is 1.27 bits per heavy atom. The van der Waals surface area contributed by atoms with Gasteiger partial charge in [0.1, 0.15) is 6.07 Å². The molecule has 1 fully saturated rings. The Bertz CT molecular complexity index is 1210. The van der Waals surface area contributed by atoms with Gasteiger partial charge in [0, 0.05) is 11.4 Å². The van der Waals surface area contributed by atoms with Gasteiger partial charge in [0.05, 0.1) is 35.9 Å². The second-order valence-corrected chi connectivity index (χ2v) is 9.85. The SMILES string of the molecule is Cc1ccc([C@@H]2C(C#N)=C3SCN(c4ccc(C)cc4)CN3CN2c2ccc(C)cc2)cc1. The maximum absolute atomic E-state index is 10.4. The average molecular weight is 453 g/mol. The molecule has 0 unspecified atom stereocenters. The summed E-state index contributed by atoms with van der Waals surface area (Å²) in [6.45, 7) is 7.82. The molecule has 0 radical (unpaired) electrons. The zero-order chi connectivity index (χ0) is 22.9. The molecule has 0 bridgehead atoms. The van der Waals surface area contributed by atoms with Gasteiger partial charge >= 0.3 is 0 Å². The largest absolute Gasteiger partial charge is 0.344 e. The lowest BCUT2D eigenvalue weighted by atomic mass is 9.95. The molecule has 3 aromatic carbocycles. The van der Waals surface area contributed by atoms with Crippen molar-refractivity contribution in [3.63, 3.8) is 0 Å². The first-order valence-electron chi connectivity index (χ1n) is 11.3. The van der Waals surface area contributed by atoms with Gasteiger partial charge in [-0.25, -0.2) is 0 Å². The van der Waals surface area contributed by atoms with E-state index in [0.29, 0.717) is 0 Å². The molecule has 1 saturated heterocycles. The minimum Gasteiger partial charge on any atom is -0.344 e. The maximum atomic E-state index is 10.4. The van der Waals surface area contributed by atoms with Crippen LogP contribution in [-0.2, 0) is 0 Å². The fraction of sp³-hybridized carbons (Fsp3) is 0.250. The van der Waals surface area contributed by atoms with Crippen LogP contribution in [0.15, 0.2) is 83.4 Å². The molecule has 33 heavy (non-hydrogen) atoms. The first-order chi connectivity index (χ1) is 16.0. The summed E-state index contributed by atoms with van der Waals surface area (Å²) >= 11 is 1.77. The van der Waals surface area contributed by atoms with Crippen molar-refractivity contribution < 1.29 is 0 Å². The van der Waals surface area contributed by atoms with Gasteiger partial charge < -0.3 is 14.7 Å². The molecule has 4 nitrogen and oxygen atoms in total. The minimum absolute atomic E-state index is 0.0945. The highest BCUT2D eigenvalue weighted by molar-refractivity contribution is 8.03. The number of nitrogens with zero attached hydrogens (tertiary/aromatic N) is 4. The molecule has 0 saturated carbocycles. The number of thioether (sulfide) groups is 1. The van der Waals surface area contributed by atoms with E-state index in [4.69, 9.17) is 0 Å². The second-order valence-electron chi connectivity index (χ2n) is 8.92. The third kappa shape index (κ3) is 4.19. The molecule has 5 rings (SSSR count). The van der Waals surface area contributed by atoms with Crippen LogP contribution < -0.4 is 9.80 Å². The van der Waals surface area contributed by atoms with Crippen LogP contribution in [0.5, 0.6) is 0 Å². The van der Waals surface area contributed by atoms with Crippen molar-refractivity contribution in [3.05, 3.63) is 106 Å². The number of hydrogen-bond acceptors (Lipinski definition) is 5. The zero-order valence-corrected chi connectivity index (χ0v) is 20.1. The minimum atomic E-state index is -0.0945. The summed E-state index contributed by atoms with van der Waals surface area (Å²) in [5.41, 5.74) is 8.07. The number of benzene rings is 3. The zero-order valence-electron chi connectivity index (χ0n) is 19.3. The predicted octanol–water partition coefficient (Wildman–Crippen LogP) is 6.34. The van der Waals surface area contributed by atoms with Crippen molar-refractivity contribution in [2.24, 2.45) is 0 Å². The monoisotopic (exact) mass is 452 g/mol. The van der Waals surface area contributed by atoms with Crippen molar-refractivity contribution in [2.75, 3.05) is 29.0 Å². The number of anilines is 2. The number of nitriles is 1. The molecule has 0 aromatic heterocycles. The maximum Gasteiger partial charge on any atom is 0.100 e. The number of fused-ring (bicyclic) bond motifs is 1. The van der Waals surface area contributed by atoms with Gasteiger partial charge in [-0.3, -0.25) is 0 Å². The van der Waals surface area contributed by atoms with Crippen LogP contribution in [0.2, 0.25) is 0 Å². The average Bonchev–Trinajstić information content (AvgIpc) is 2.84. The van der Waals surface area contributed by atoms with E-state index >= 15 is 0 Å². The highest BCUT2D eigenvalue weighted by Gasteiger charge is 2.38. The molecule has 166 valence electrons. The lowest BCUT2D eigenvalue weighted by Gasteiger charge is -2.48. The van der Waals surface area contributed by atoms with Crippen LogP contribution >= 0.6 is 11.8 Å². The number of aryl methyl sites for hydroxylation is 3. The molecular formula is C28H28N4S. The molecular weight excluding hydrogens is 424 g/mol. The van der Waals surface area contributed by atoms with E-state index < -0.39 is 0 Å². The highest BCUT2D eigenvalue weighted by atomic mass is 32.2. The molecule has 1 atom stereocenters. The summed E-state index contributed by atoms with van der Waals surface area (Å²) in [4.78, 5) is 7.09. The van der Waals surface area contributed by atoms with Crippen molar-refractivity contribution in [2.45, 2.75) is 26.8 Å². The van der Waals surface area contributed by atoms with Gasteiger partial charge in [-0.2, -0.15) is 5.26 Å². The number of rotatable bonds is 3. The third-order valence-corrected chi connectivity index (χ3v) is 7.59. The molecule has 2 heterocycles. The summed E-state index contributed by atoms with van der Waals surface area (Å²) in [6, 6.07) is 28.5. The van der Waals surface area contributed by atoms with E-state index in [0.717, 1.165) is 41.1 Å². The Labute approximate surface area is 200 Å².